The van der Waals surface area contributed by atoms with Gasteiger partial charge in [-0.25, -0.2) is 0 Å². The zero-order valence-corrected chi connectivity index (χ0v) is 59.7. The number of aliphatic hydroxyl groups is 2. The van der Waals surface area contributed by atoms with E-state index in [1.54, 1.807) is 6.08 Å². The van der Waals surface area contributed by atoms with Crippen molar-refractivity contribution in [1.82, 2.24) is 5.32 Å². The summed E-state index contributed by atoms with van der Waals surface area (Å²) in [4.78, 5) is 24.6. The van der Waals surface area contributed by atoms with Gasteiger partial charge in [0.25, 0.3) is 0 Å². The van der Waals surface area contributed by atoms with Crippen molar-refractivity contribution in [3.05, 3.63) is 36.5 Å². The molecule has 0 spiro atoms. The van der Waals surface area contributed by atoms with E-state index in [0.29, 0.717) is 19.4 Å². The van der Waals surface area contributed by atoms with Crippen molar-refractivity contribution in [3.8, 4) is 0 Å². The van der Waals surface area contributed by atoms with Crippen molar-refractivity contribution in [2.75, 3.05) is 13.2 Å². The van der Waals surface area contributed by atoms with E-state index in [2.05, 4.69) is 43.5 Å². The zero-order chi connectivity index (χ0) is 63.5. The number of unbranched alkanes of at least 4 members (excludes halogenated alkanes) is 61. The molecule has 2 unspecified atom stereocenters. The summed E-state index contributed by atoms with van der Waals surface area (Å²) in [5.74, 6) is -0.0498. The highest BCUT2D eigenvalue weighted by Crippen LogP contribution is 2.20. The van der Waals surface area contributed by atoms with Gasteiger partial charge in [0.15, 0.2) is 0 Å². The van der Waals surface area contributed by atoms with Gasteiger partial charge in [-0.2, -0.15) is 0 Å². The average molecular weight is 1240 g/mol. The van der Waals surface area contributed by atoms with Gasteiger partial charge >= 0.3 is 5.97 Å². The van der Waals surface area contributed by atoms with Gasteiger partial charge in [-0.05, 0) is 64.2 Å². The van der Waals surface area contributed by atoms with Crippen LogP contribution in [-0.2, 0) is 14.3 Å². The number of amides is 1. The minimum Gasteiger partial charge on any atom is -0.466 e. The van der Waals surface area contributed by atoms with Gasteiger partial charge in [-0.1, -0.05) is 410 Å². The van der Waals surface area contributed by atoms with Crippen molar-refractivity contribution in [2.45, 2.75) is 463 Å². The second kappa shape index (κ2) is 77.5. The smallest absolute Gasteiger partial charge is 0.305 e. The highest BCUT2D eigenvalue weighted by Gasteiger charge is 2.18. The van der Waals surface area contributed by atoms with Crippen LogP contribution in [0.2, 0.25) is 0 Å². The average Bonchev–Trinajstić information content (AvgIpc) is 3.58. The lowest BCUT2D eigenvalue weighted by molar-refractivity contribution is -0.143. The normalized spacial score (nSPS) is 12.6. The third-order valence-electron chi connectivity index (χ3n) is 18.9. The molecule has 520 valence electrons. The summed E-state index contributed by atoms with van der Waals surface area (Å²) < 4.78 is 5.50. The number of hydrogen-bond donors (Lipinski definition) is 3. The molecule has 2 atom stereocenters. The molecule has 0 heterocycles. The van der Waals surface area contributed by atoms with Crippen LogP contribution in [0.3, 0.4) is 0 Å². The predicted octanol–water partition coefficient (Wildman–Crippen LogP) is 26.6. The Morgan fingerprint density at radius 2 is 0.568 bits per heavy atom. The third kappa shape index (κ3) is 73.1. The Balaban J connectivity index is 3.35. The van der Waals surface area contributed by atoms with Crippen LogP contribution in [0.5, 0.6) is 0 Å². The van der Waals surface area contributed by atoms with Gasteiger partial charge in [0, 0.05) is 12.8 Å². The lowest BCUT2D eigenvalue weighted by atomic mass is 10.0. The van der Waals surface area contributed by atoms with Crippen LogP contribution in [-0.4, -0.2) is 47.4 Å². The molecule has 1 amide bonds. The molecule has 0 fully saturated rings. The lowest BCUT2D eigenvalue weighted by Crippen LogP contribution is -2.45. The predicted molar refractivity (Wildman–Crippen MR) is 389 cm³/mol. The fraction of sp³-hybridized carbons (Fsp3) is 0.902. The first-order valence-corrected chi connectivity index (χ1v) is 40.3. The zero-order valence-electron chi connectivity index (χ0n) is 59.7. The molecule has 0 aromatic carbocycles. The summed E-state index contributed by atoms with van der Waals surface area (Å²) in [7, 11) is 0. The number of carbonyl (C=O) groups is 2. The van der Waals surface area contributed by atoms with Gasteiger partial charge in [-0.3, -0.25) is 9.59 Å². The number of carbonyl (C=O) groups excluding carboxylic acids is 2. The van der Waals surface area contributed by atoms with E-state index in [4.69, 9.17) is 4.74 Å². The summed E-state index contributed by atoms with van der Waals surface area (Å²) >= 11 is 0. The molecule has 0 aromatic rings. The van der Waals surface area contributed by atoms with E-state index in [1.807, 2.05) is 6.08 Å². The van der Waals surface area contributed by atoms with Crippen LogP contribution >= 0.6 is 0 Å². The molecule has 0 saturated carbocycles. The first-order valence-electron chi connectivity index (χ1n) is 40.3. The fourth-order valence-electron chi connectivity index (χ4n) is 12.8. The molecular formula is C82H157NO5. The SMILES string of the molecule is CCCCCC/C=C\C/C=C\CCCCCCCC(=O)OCCCCCCCCCCCCCCCCCCCCCCCCCCCCCCCCCCCC(=O)NC(CO)C(O)/C=C/CCCCCCCCCCCCCCCCCCCCCC. The molecule has 6 nitrogen and oxygen atoms in total. The Kier molecular flexibility index (Phi) is 75.8. The molecule has 0 rings (SSSR count). The van der Waals surface area contributed by atoms with E-state index in [9.17, 15) is 19.8 Å². The Bertz CT molecular complexity index is 1430. The van der Waals surface area contributed by atoms with E-state index in [0.717, 1.165) is 51.4 Å². The lowest BCUT2D eigenvalue weighted by Gasteiger charge is -2.20. The molecule has 0 aliphatic heterocycles. The fourth-order valence-corrected chi connectivity index (χ4v) is 12.8. The number of nitrogens with one attached hydrogen (secondary N) is 1. The molecule has 3 N–H and O–H groups in total. The molecule has 0 bridgehead atoms. The number of esters is 1. The highest BCUT2D eigenvalue weighted by molar-refractivity contribution is 5.76. The third-order valence-corrected chi connectivity index (χ3v) is 18.9. The van der Waals surface area contributed by atoms with Gasteiger partial charge in [-0.15, -0.1) is 0 Å². The van der Waals surface area contributed by atoms with Gasteiger partial charge in [0.2, 0.25) is 5.91 Å². The number of ether oxygens (including phenoxy) is 1. The first-order chi connectivity index (χ1) is 43.5. The van der Waals surface area contributed by atoms with Gasteiger partial charge in [0.05, 0.1) is 25.4 Å². The highest BCUT2D eigenvalue weighted by atomic mass is 16.5. The van der Waals surface area contributed by atoms with E-state index in [-0.39, 0.29) is 18.5 Å². The Morgan fingerprint density at radius 3 is 0.875 bits per heavy atom. The van der Waals surface area contributed by atoms with E-state index < -0.39 is 12.1 Å². The summed E-state index contributed by atoms with van der Waals surface area (Å²) in [5.41, 5.74) is 0. The molecule has 88 heavy (non-hydrogen) atoms. The molecule has 0 aliphatic rings. The number of allylic oxidation sites excluding steroid dienone is 5. The minimum atomic E-state index is -0.843. The molecule has 0 aliphatic carbocycles. The molecule has 0 radical (unpaired) electrons. The van der Waals surface area contributed by atoms with Crippen molar-refractivity contribution in [2.24, 2.45) is 0 Å². The largest absolute Gasteiger partial charge is 0.466 e. The maximum absolute atomic E-state index is 12.5. The van der Waals surface area contributed by atoms with Crippen LogP contribution in [0.15, 0.2) is 36.5 Å². The monoisotopic (exact) mass is 1240 g/mol. The molecular weight excluding hydrogens is 1080 g/mol. The number of aliphatic hydroxyl groups excluding tert-OH is 2. The standard InChI is InChI=1S/C82H157NO5/c1-3-5-7-9-11-13-15-17-19-21-22-23-37-40-43-46-50-54-58-62-66-70-74-80(85)79(78-84)83-81(86)75-71-67-63-59-55-51-47-44-41-38-35-33-31-29-27-25-24-26-28-30-32-34-36-39-42-45-49-53-57-61-65-69-73-77-88-82(87)76-72-68-64-60-56-52-48-20-18-16-14-12-10-8-6-4-2/h14,16,20,48,70,74,79-80,84-85H,3-13,15,17-19,21-47,49-69,71-73,75-78H2,1-2H3,(H,83,86)/b16-14-,48-20-,74-70+. The van der Waals surface area contributed by atoms with Crippen LogP contribution in [0.25, 0.3) is 0 Å². The van der Waals surface area contributed by atoms with Crippen molar-refractivity contribution in [1.29, 1.82) is 0 Å². The second-order valence-corrected chi connectivity index (χ2v) is 27.8. The summed E-state index contributed by atoms with van der Waals surface area (Å²) in [6.45, 7) is 4.93. The summed E-state index contributed by atoms with van der Waals surface area (Å²) in [6, 6.07) is -0.626. The van der Waals surface area contributed by atoms with Crippen molar-refractivity contribution in [3.63, 3.8) is 0 Å². The molecule has 0 saturated heterocycles. The Morgan fingerprint density at radius 1 is 0.318 bits per heavy atom. The van der Waals surface area contributed by atoms with Gasteiger partial charge in [0.1, 0.15) is 0 Å². The molecule has 6 heteroatoms. The second-order valence-electron chi connectivity index (χ2n) is 27.8. The molecule has 0 aromatic heterocycles. The maximum Gasteiger partial charge on any atom is 0.305 e. The van der Waals surface area contributed by atoms with Gasteiger partial charge < -0.3 is 20.3 Å². The number of hydrogen-bond acceptors (Lipinski definition) is 5. The first kappa shape index (κ1) is 86.1. The van der Waals surface area contributed by atoms with Crippen LogP contribution < -0.4 is 5.32 Å². The summed E-state index contributed by atoms with van der Waals surface area (Å²) in [5, 5.41) is 23.3. The topological polar surface area (TPSA) is 95.9 Å². The quantitative estimate of drug-likeness (QED) is 0.0320. The number of rotatable bonds is 76. The van der Waals surface area contributed by atoms with E-state index >= 15 is 0 Å². The summed E-state index contributed by atoms with van der Waals surface area (Å²) in [6.07, 6.45) is 101. The van der Waals surface area contributed by atoms with Crippen molar-refractivity contribution >= 4 is 11.9 Å². The van der Waals surface area contributed by atoms with Crippen LogP contribution in [0, 0.1) is 0 Å². The van der Waals surface area contributed by atoms with Crippen LogP contribution in [0.4, 0.5) is 0 Å². The van der Waals surface area contributed by atoms with Crippen LogP contribution in [0.1, 0.15) is 450 Å². The Labute approximate surface area is 551 Å². The Hall–Kier alpha value is -1.92. The van der Waals surface area contributed by atoms with E-state index in [1.165, 1.54) is 372 Å². The van der Waals surface area contributed by atoms with Crippen molar-refractivity contribution < 1.29 is 24.5 Å². The maximum atomic E-state index is 12.5. The minimum absolute atomic E-state index is 0.00867.